The normalized spacial score (nSPS) is 10.8. The molecule has 0 unspecified atom stereocenters. The first-order valence-corrected chi connectivity index (χ1v) is 7.58. The smallest absolute Gasteiger partial charge is 0.225 e. The van der Waals surface area contributed by atoms with E-state index in [1.165, 1.54) is 10.4 Å². The summed E-state index contributed by atoms with van der Waals surface area (Å²) < 4.78 is 11.4. The number of benzene rings is 1. The highest BCUT2D eigenvalue weighted by Gasteiger charge is 2.12. The van der Waals surface area contributed by atoms with E-state index >= 15 is 0 Å². The molecule has 0 fully saturated rings. The van der Waals surface area contributed by atoms with Gasteiger partial charge in [-0.15, -0.1) is 11.3 Å². The number of thiophene rings is 1. The molecule has 0 bridgehead atoms. The summed E-state index contributed by atoms with van der Waals surface area (Å²) in [6.45, 7) is 5.10. The second kappa shape index (κ2) is 6.10. The molecule has 0 saturated heterocycles. The van der Waals surface area contributed by atoms with Crippen LogP contribution in [-0.2, 0) is 0 Å². The van der Waals surface area contributed by atoms with Crippen LogP contribution in [0.4, 0.5) is 0 Å². The minimum Gasteiger partial charge on any atom is -0.490 e. The Kier molecular flexibility index (Phi) is 4.01. The quantitative estimate of drug-likeness (QED) is 0.673. The number of aromatic nitrogens is 2. The molecule has 0 N–H and O–H groups in total. The molecular weight excluding hydrogens is 284 g/mol. The van der Waals surface area contributed by atoms with Crippen LogP contribution in [0.2, 0.25) is 0 Å². The zero-order valence-corrected chi connectivity index (χ0v) is 12.8. The first kappa shape index (κ1) is 13.8. The van der Waals surface area contributed by atoms with Crippen molar-refractivity contribution in [2.45, 2.75) is 13.8 Å². The maximum Gasteiger partial charge on any atom is 0.225 e. The van der Waals surface area contributed by atoms with E-state index in [-0.39, 0.29) is 0 Å². The van der Waals surface area contributed by atoms with Gasteiger partial charge in [0.1, 0.15) is 30.1 Å². The van der Waals surface area contributed by atoms with Gasteiger partial charge in [-0.2, -0.15) is 0 Å². The molecule has 1 aromatic carbocycles. The standard InChI is InChI=1S/C16H16N2O2S/c1-11-12(2)21-16-14(11)15(17-10-18-16)20-9-8-19-13-6-4-3-5-7-13/h3-7,10H,8-9H2,1-2H3. The molecule has 0 amide bonds. The third kappa shape index (κ3) is 2.97. The highest BCUT2D eigenvalue weighted by molar-refractivity contribution is 7.18. The maximum atomic E-state index is 5.77. The number of ether oxygens (including phenoxy) is 2. The lowest BCUT2D eigenvalue weighted by Crippen LogP contribution is -2.10. The van der Waals surface area contributed by atoms with Crippen LogP contribution in [-0.4, -0.2) is 23.2 Å². The van der Waals surface area contributed by atoms with Crippen LogP contribution in [0.3, 0.4) is 0 Å². The predicted octanol–water partition coefficient (Wildman–Crippen LogP) is 3.77. The molecule has 0 aliphatic heterocycles. The maximum absolute atomic E-state index is 5.77. The van der Waals surface area contributed by atoms with E-state index in [0.29, 0.717) is 19.1 Å². The Labute approximate surface area is 127 Å². The van der Waals surface area contributed by atoms with E-state index < -0.39 is 0 Å². The van der Waals surface area contributed by atoms with Crippen molar-refractivity contribution in [3.8, 4) is 11.6 Å². The van der Waals surface area contributed by atoms with Crippen molar-refractivity contribution in [3.05, 3.63) is 47.1 Å². The van der Waals surface area contributed by atoms with Crippen LogP contribution in [0.5, 0.6) is 11.6 Å². The molecule has 2 aromatic heterocycles. The number of hydrogen-bond acceptors (Lipinski definition) is 5. The van der Waals surface area contributed by atoms with Crippen molar-refractivity contribution in [1.29, 1.82) is 0 Å². The number of fused-ring (bicyclic) bond motifs is 1. The fourth-order valence-corrected chi connectivity index (χ4v) is 3.06. The number of rotatable bonds is 5. The van der Waals surface area contributed by atoms with Crippen molar-refractivity contribution < 1.29 is 9.47 Å². The molecule has 4 nitrogen and oxygen atoms in total. The highest BCUT2D eigenvalue weighted by atomic mass is 32.1. The summed E-state index contributed by atoms with van der Waals surface area (Å²) >= 11 is 1.67. The van der Waals surface area contributed by atoms with Crippen LogP contribution in [0.1, 0.15) is 10.4 Å². The lowest BCUT2D eigenvalue weighted by molar-refractivity contribution is 0.213. The van der Waals surface area contributed by atoms with E-state index in [1.807, 2.05) is 30.3 Å². The van der Waals surface area contributed by atoms with Gasteiger partial charge in [0, 0.05) is 4.88 Å². The van der Waals surface area contributed by atoms with Crippen LogP contribution in [0.15, 0.2) is 36.7 Å². The molecular formula is C16H16N2O2S. The van der Waals surface area contributed by atoms with E-state index in [2.05, 4.69) is 23.8 Å². The van der Waals surface area contributed by atoms with Gasteiger partial charge in [0.2, 0.25) is 5.88 Å². The zero-order valence-electron chi connectivity index (χ0n) is 12.0. The summed E-state index contributed by atoms with van der Waals surface area (Å²) in [6.07, 6.45) is 1.55. The van der Waals surface area contributed by atoms with Crippen LogP contribution in [0, 0.1) is 13.8 Å². The molecule has 0 aliphatic carbocycles. The first-order valence-electron chi connectivity index (χ1n) is 6.77. The molecule has 2 heterocycles. The van der Waals surface area contributed by atoms with Gasteiger partial charge >= 0.3 is 0 Å². The second-order valence-electron chi connectivity index (χ2n) is 4.65. The molecule has 3 aromatic rings. The Bertz CT molecular complexity index is 741. The molecule has 21 heavy (non-hydrogen) atoms. The second-order valence-corrected chi connectivity index (χ2v) is 5.86. The Balaban J connectivity index is 1.66. The van der Waals surface area contributed by atoms with Gasteiger partial charge in [0.15, 0.2) is 0 Å². The van der Waals surface area contributed by atoms with Crippen molar-refractivity contribution in [3.63, 3.8) is 0 Å². The lowest BCUT2D eigenvalue weighted by Gasteiger charge is -2.08. The molecule has 5 heteroatoms. The average Bonchev–Trinajstić information content (AvgIpc) is 2.80. The number of nitrogens with zero attached hydrogens (tertiary/aromatic N) is 2. The summed E-state index contributed by atoms with van der Waals surface area (Å²) in [4.78, 5) is 10.8. The van der Waals surface area contributed by atoms with Gasteiger partial charge in [-0.1, -0.05) is 18.2 Å². The van der Waals surface area contributed by atoms with Gasteiger partial charge < -0.3 is 9.47 Å². The van der Waals surface area contributed by atoms with Gasteiger partial charge in [0.05, 0.1) is 5.39 Å². The molecule has 0 spiro atoms. The van der Waals surface area contributed by atoms with Gasteiger partial charge in [-0.3, -0.25) is 0 Å². The zero-order chi connectivity index (χ0) is 14.7. The Hall–Kier alpha value is -2.14. The summed E-state index contributed by atoms with van der Waals surface area (Å²) in [6, 6.07) is 9.70. The van der Waals surface area contributed by atoms with E-state index in [4.69, 9.17) is 9.47 Å². The minimum absolute atomic E-state index is 0.454. The molecule has 3 rings (SSSR count). The predicted molar refractivity (Wildman–Crippen MR) is 84.3 cm³/mol. The molecule has 0 saturated carbocycles. The summed E-state index contributed by atoms with van der Waals surface area (Å²) in [5, 5.41) is 1.01. The Morgan fingerprint density at radius 1 is 1.00 bits per heavy atom. The molecule has 0 aliphatic rings. The SMILES string of the molecule is Cc1sc2ncnc(OCCOc3ccccc3)c2c1C. The monoisotopic (exact) mass is 300 g/mol. The summed E-state index contributed by atoms with van der Waals surface area (Å²) in [5.74, 6) is 1.48. The van der Waals surface area contributed by atoms with Crippen LogP contribution >= 0.6 is 11.3 Å². The van der Waals surface area contributed by atoms with E-state index in [1.54, 1.807) is 17.7 Å². The van der Waals surface area contributed by atoms with Gasteiger partial charge in [-0.25, -0.2) is 9.97 Å². The lowest BCUT2D eigenvalue weighted by atomic mass is 10.2. The molecule has 108 valence electrons. The summed E-state index contributed by atoms with van der Waals surface area (Å²) in [5.41, 5.74) is 1.19. The minimum atomic E-state index is 0.454. The Morgan fingerprint density at radius 3 is 2.57 bits per heavy atom. The topological polar surface area (TPSA) is 44.2 Å². The number of hydrogen-bond donors (Lipinski definition) is 0. The van der Waals surface area contributed by atoms with Crippen molar-refractivity contribution in [2.75, 3.05) is 13.2 Å². The van der Waals surface area contributed by atoms with Crippen LogP contribution < -0.4 is 9.47 Å². The highest BCUT2D eigenvalue weighted by Crippen LogP contribution is 2.33. The molecule has 0 atom stereocenters. The van der Waals surface area contributed by atoms with Gasteiger partial charge in [-0.05, 0) is 31.5 Å². The van der Waals surface area contributed by atoms with Crippen molar-refractivity contribution in [2.24, 2.45) is 0 Å². The van der Waals surface area contributed by atoms with Crippen molar-refractivity contribution >= 4 is 21.6 Å². The van der Waals surface area contributed by atoms with E-state index in [0.717, 1.165) is 16.0 Å². The third-order valence-electron chi connectivity index (χ3n) is 3.26. The average molecular weight is 300 g/mol. The largest absolute Gasteiger partial charge is 0.490 e. The number of para-hydroxylation sites is 1. The van der Waals surface area contributed by atoms with Crippen molar-refractivity contribution in [1.82, 2.24) is 9.97 Å². The third-order valence-corrected chi connectivity index (χ3v) is 4.38. The Morgan fingerprint density at radius 2 is 1.76 bits per heavy atom. The molecule has 0 radical (unpaired) electrons. The van der Waals surface area contributed by atoms with Crippen LogP contribution in [0.25, 0.3) is 10.2 Å². The van der Waals surface area contributed by atoms with Gasteiger partial charge in [0.25, 0.3) is 0 Å². The van der Waals surface area contributed by atoms with E-state index in [9.17, 15) is 0 Å². The fourth-order valence-electron chi connectivity index (χ4n) is 2.07. The summed E-state index contributed by atoms with van der Waals surface area (Å²) in [7, 11) is 0. The first-order chi connectivity index (χ1) is 10.3. The fraction of sp³-hybridized carbons (Fsp3) is 0.250. The number of aryl methyl sites for hydroxylation is 2.